The van der Waals surface area contributed by atoms with Gasteiger partial charge in [0.15, 0.2) is 0 Å². The smallest absolute Gasteiger partial charge is 0.0929 e. The average molecular weight is 169 g/mol. The molecule has 0 N–H and O–H groups in total. The van der Waals surface area contributed by atoms with Crippen molar-refractivity contribution >= 4 is 0 Å². The highest BCUT2D eigenvalue weighted by Crippen LogP contribution is 2.15. The average Bonchev–Trinajstić information content (AvgIpc) is 2.20. The Morgan fingerprint density at radius 2 is 1.77 bits per heavy atom. The summed E-state index contributed by atoms with van der Waals surface area (Å²) in [6.07, 6.45) is 1.67. The van der Waals surface area contributed by atoms with Crippen LogP contribution in [0.15, 0.2) is 42.6 Å². The topological polar surface area (TPSA) is 25.8 Å². The summed E-state index contributed by atoms with van der Waals surface area (Å²) in [4.78, 5) is 0. The predicted molar refractivity (Wildman–Crippen MR) is 51.9 cm³/mol. The zero-order chi connectivity index (χ0) is 9.10. The molecule has 0 amide bonds. The molecule has 0 fully saturated rings. The van der Waals surface area contributed by atoms with Gasteiger partial charge in [-0.05, 0) is 24.6 Å². The third-order valence-electron chi connectivity index (χ3n) is 1.82. The van der Waals surface area contributed by atoms with Crippen LogP contribution in [0.3, 0.4) is 0 Å². The van der Waals surface area contributed by atoms with Crippen molar-refractivity contribution in [2.45, 2.75) is 0 Å². The second-order valence-corrected chi connectivity index (χ2v) is 2.81. The molecular weight excluding hydrogens is 160 g/mol. The molecular formula is C11H9N2. The molecule has 2 heteroatoms. The van der Waals surface area contributed by atoms with E-state index in [1.165, 1.54) is 0 Å². The van der Waals surface area contributed by atoms with Crippen LogP contribution in [-0.2, 0) is 0 Å². The molecule has 0 bridgehead atoms. The summed E-state index contributed by atoms with van der Waals surface area (Å²) in [7, 11) is 0. The van der Waals surface area contributed by atoms with Crippen molar-refractivity contribution < 1.29 is 0 Å². The minimum atomic E-state index is 0.891. The van der Waals surface area contributed by atoms with E-state index in [4.69, 9.17) is 0 Å². The molecule has 1 heterocycles. The quantitative estimate of drug-likeness (QED) is 0.654. The monoisotopic (exact) mass is 169 g/mol. The first-order valence-electron chi connectivity index (χ1n) is 4.06. The number of hydrogen-bond donors (Lipinski definition) is 0. The Bertz CT molecular complexity index is 379. The third kappa shape index (κ3) is 1.72. The molecule has 63 valence electrons. The minimum Gasteiger partial charge on any atom is -0.159 e. The molecule has 0 saturated heterocycles. The number of aromatic nitrogens is 2. The van der Waals surface area contributed by atoms with E-state index in [2.05, 4.69) is 17.1 Å². The van der Waals surface area contributed by atoms with Crippen molar-refractivity contribution in [1.29, 1.82) is 0 Å². The van der Waals surface area contributed by atoms with Gasteiger partial charge >= 0.3 is 0 Å². The van der Waals surface area contributed by atoms with Gasteiger partial charge in [-0.3, -0.25) is 0 Å². The first kappa shape index (κ1) is 7.92. The maximum absolute atomic E-state index is 4.01. The number of hydrogen-bond acceptors (Lipinski definition) is 2. The molecule has 0 unspecified atom stereocenters. The summed E-state index contributed by atoms with van der Waals surface area (Å²) < 4.78 is 0. The van der Waals surface area contributed by atoms with E-state index in [1.807, 2.05) is 36.4 Å². The molecule has 0 aliphatic heterocycles. The maximum Gasteiger partial charge on any atom is 0.0929 e. The summed E-state index contributed by atoms with van der Waals surface area (Å²) in [6.45, 7) is 3.82. The highest BCUT2D eigenvalue weighted by Gasteiger charge is 1.96. The van der Waals surface area contributed by atoms with Crippen molar-refractivity contribution in [3.8, 4) is 11.3 Å². The molecule has 0 aliphatic rings. The van der Waals surface area contributed by atoms with Crippen LogP contribution in [-0.4, -0.2) is 10.2 Å². The first-order valence-corrected chi connectivity index (χ1v) is 4.06. The first-order chi connectivity index (χ1) is 6.36. The van der Waals surface area contributed by atoms with Crippen molar-refractivity contribution in [3.05, 3.63) is 55.1 Å². The summed E-state index contributed by atoms with van der Waals surface area (Å²) in [5.74, 6) is 0. The Morgan fingerprint density at radius 3 is 2.38 bits per heavy atom. The largest absolute Gasteiger partial charge is 0.159 e. The lowest BCUT2D eigenvalue weighted by atomic mass is 10.1. The Balaban J connectivity index is 2.42. The fraction of sp³-hybridized carbons (Fsp3) is 0. The van der Waals surface area contributed by atoms with Gasteiger partial charge in [-0.15, -0.1) is 0 Å². The van der Waals surface area contributed by atoms with E-state index >= 15 is 0 Å². The second kappa shape index (κ2) is 3.35. The van der Waals surface area contributed by atoms with Gasteiger partial charge in [-0.1, -0.05) is 24.3 Å². The molecule has 0 aliphatic carbocycles. The Morgan fingerprint density at radius 1 is 1.00 bits per heavy atom. The molecule has 2 rings (SSSR count). The van der Waals surface area contributed by atoms with Crippen molar-refractivity contribution in [3.63, 3.8) is 0 Å². The Labute approximate surface area is 77.3 Å². The number of benzene rings is 1. The highest BCUT2D eigenvalue weighted by atomic mass is 15.1. The van der Waals surface area contributed by atoms with E-state index in [0.29, 0.717) is 0 Å². The van der Waals surface area contributed by atoms with Gasteiger partial charge < -0.3 is 0 Å². The lowest BCUT2D eigenvalue weighted by Gasteiger charge is -1.98. The van der Waals surface area contributed by atoms with Crippen LogP contribution in [0, 0.1) is 6.92 Å². The summed E-state index contributed by atoms with van der Waals surface area (Å²) in [5.41, 5.74) is 2.97. The van der Waals surface area contributed by atoms with E-state index in [-0.39, 0.29) is 0 Å². The lowest BCUT2D eigenvalue weighted by Crippen LogP contribution is -1.85. The van der Waals surface area contributed by atoms with Crippen LogP contribution < -0.4 is 0 Å². The van der Waals surface area contributed by atoms with Crippen LogP contribution in [0.25, 0.3) is 11.3 Å². The van der Waals surface area contributed by atoms with Crippen molar-refractivity contribution in [2.24, 2.45) is 0 Å². The zero-order valence-corrected chi connectivity index (χ0v) is 7.14. The standard InChI is InChI=1S/C11H9N2/c1-9-4-6-10(7-5-9)11-3-2-8-12-13-11/h2-8H,1H2. The van der Waals surface area contributed by atoms with E-state index in [1.54, 1.807) is 6.20 Å². The molecule has 1 aromatic heterocycles. The molecule has 0 atom stereocenters. The summed E-state index contributed by atoms with van der Waals surface area (Å²) in [5, 5.41) is 7.83. The third-order valence-corrected chi connectivity index (χ3v) is 1.82. The predicted octanol–water partition coefficient (Wildman–Crippen LogP) is 2.33. The Kier molecular flexibility index (Phi) is 2.04. The molecule has 0 spiro atoms. The Hall–Kier alpha value is -1.70. The molecule has 13 heavy (non-hydrogen) atoms. The van der Waals surface area contributed by atoms with Gasteiger partial charge in [0.05, 0.1) is 5.69 Å². The summed E-state index contributed by atoms with van der Waals surface area (Å²) in [6, 6.07) is 11.7. The van der Waals surface area contributed by atoms with E-state index < -0.39 is 0 Å². The highest BCUT2D eigenvalue weighted by molar-refractivity contribution is 5.58. The lowest BCUT2D eigenvalue weighted by molar-refractivity contribution is 1.04. The second-order valence-electron chi connectivity index (χ2n) is 2.81. The minimum absolute atomic E-state index is 0.891. The van der Waals surface area contributed by atoms with Gasteiger partial charge in [0.2, 0.25) is 0 Å². The molecule has 1 radical (unpaired) electrons. The zero-order valence-electron chi connectivity index (χ0n) is 7.14. The fourth-order valence-electron chi connectivity index (χ4n) is 1.13. The molecule has 1 aromatic carbocycles. The van der Waals surface area contributed by atoms with Crippen molar-refractivity contribution in [2.75, 3.05) is 0 Å². The van der Waals surface area contributed by atoms with Crippen LogP contribution in [0.4, 0.5) is 0 Å². The number of nitrogens with zero attached hydrogens (tertiary/aromatic N) is 2. The van der Waals surface area contributed by atoms with Gasteiger partial charge in [-0.25, -0.2) is 0 Å². The molecule has 2 aromatic rings. The van der Waals surface area contributed by atoms with E-state index in [0.717, 1.165) is 16.8 Å². The molecule has 0 saturated carbocycles. The van der Waals surface area contributed by atoms with Gasteiger partial charge in [0, 0.05) is 11.8 Å². The molecule has 2 nitrogen and oxygen atoms in total. The van der Waals surface area contributed by atoms with Gasteiger partial charge in [-0.2, -0.15) is 10.2 Å². The fourth-order valence-corrected chi connectivity index (χ4v) is 1.13. The summed E-state index contributed by atoms with van der Waals surface area (Å²) >= 11 is 0. The van der Waals surface area contributed by atoms with Gasteiger partial charge in [0.25, 0.3) is 0 Å². The van der Waals surface area contributed by atoms with Crippen LogP contribution in [0.5, 0.6) is 0 Å². The van der Waals surface area contributed by atoms with E-state index in [9.17, 15) is 0 Å². The van der Waals surface area contributed by atoms with Crippen LogP contribution >= 0.6 is 0 Å². The van der Waals surface area contributed by atoms with Crippen molar-refractivity contribution in [1.82, 2.24) is 10.2 Å². The number of rotatable bonds is 1. The van der Waals surface area contributed by atoms with Gasteiger partial charge in [0.1, 0.15) is 0 Å². The van der Waals surface area contributed by atoms with Crippen LogP contribution in [0.2, 0.25) is 0 Å². The maximum atomic E-state index is 4.01. The SMILES string of the molecule is [CH2]c1ccc(-c2cccnn2)cc1. The van der Waals surface area contributed by atoms with Crippen LogP contribution in [0.1, 0.15) is 5.56 Å². The normalized spacial score (nSPS) is 9.92.